The lowest BCUT2D eigenvalue weighted by Crippen LogP contribution is -2.44. The molecule has 0 bridgehead atoms. The van der Waals surface area contributed by atoms with Gasteiger partial charge < -0.3 is 4.74 Å². The largest absolute Gasteiger partial charge is 0.379 e. The lowest BCUT2D eigenvalue weighted by atomic mass is 10.2. The summed E-state index contributed by atoms with van der Waals surface area (Å²) in [6, 6.07) is 5.97. The van der Waals surface area contributed by atoms with Gasteiger partial charge in [0.1, 0.15) is 6.54 Å². The van der Waals surface area contributed by atoms with E-state index in [1.807, 2.05) is 25.1 Å². The van der Waals surface area contributed by atoms with Crippen LogP contribution in [0.1, 0.15) is 24.8 Å². The number of para-hydroxylation sites is 1. The summed E-state index contributed by atoms with van der Waals surface area (Å²) in [5, 5.41) is 0.616. The molecule has 2 fully saturated rings. The number of benzene rings is 1. The molecule has 0 N–H and O–H groups in total. The molecule has 2 saturated heterocycles. The summed E-state index contributed by atoms with van der Waals surface area (Å²) < 4.78 is 6.41. The Morgan fingerprint density at radius 1 is 1.20 bits per heavy atom. The number of ether oxygens (including phenoxy) is 1. The highest BCUT2D eigenvalue weighted by Gasteiger charge is 2.32. The van der Waals surface area contributed by atoms with Gasteiger partial charge in [-0.3, -0.25) is 29.1 Å². The van der Waals surface area contributed by atoms with Gasteiger partial charge in [0.25, 0.3) is 0 Å². The van der Waals surface area contributed by atoms with Gasteiger partial charge in [0.05, 0.1) is 23.4 Å². The Balaban J connectivity index is 1.51. The van der Waals surface area contributed by atoms with Crippen LogP contribution in [0.15, 0.2) is 18.2 Å². The molecular weight excluding hydrogens is 404 g/mol. The van der Waals surface area contributed by atoms with Crippen LogP contribution in [0.4, 0.5) is 5.13 Å². The normalized spacial score (nSPS) is 17.8. The van der Waals surface area contributed by atoms with Crippen LogP contribution < -0.4 is 4.90 Å². The lowest BCUT2D eigenvalue weighted by Gasteiger charge is -2.28. The van der Waals surface area contributed by atoms with Gasteiger partial charge in [0, 0.05) is 39.0 Å². The second kappa shape index (κ2) is 9.20. The number of amides is 3. The van der Waals surface area contributed by atoms with Crippen molar-refractivity contribution in [3.8, 4) is 0 Å². The lowest BCUT2D eigenvalue weighted by molar-refractivity contribution is -0.141. The monoisotopic (exact) mass is 430 g/mol. The highest BCUT2D eigenvalue weighted by Crippen LogP contribution is 2.31. The number of thiazole rings is 1. The standard InChI is InChI=1S/C21H26N4O4S/c1-15-4-2-5-16-20(15)22-21(30-16)24(9-3-8-23-10-12-29-13-11-23)19(28)14-25-17(26)6-7-18(25)27/h2,4-5H,3,6-14H2,1H3. The van der Waals surface area contributed by atoms with Crippen molar-refractivity contribution in [1.82, 2.24) is 14.8 Å². The average Bonchev–Trinajstić information content (AvgIpc) is 3.31. The van der Waals surface area contributed by atoms with Gasteiger partial charge in [0.15, 0.2) is 5.13 Å². The van der Waals surface area contributed by atoms with Gasteiger partial charge in [-0.25, -0.2) is 4.98 Å². The predicted molar refractivity (Wildman–Crippen MR) is 115 cm³/mol. The van der Waals surface area contributed by atoms with E-state index in [4.69, 9.17) is 9.72 Å². The highest BCUT2D eigenvalue weighted by molar-refractivity contribution is 7.22. The fourth-order valence-electron chi connectivity index (χ4n) is 3.81. The van der Waals surface area contributed by atoms with Crippen molar-refractivity contribution in [3.05, 3.63) is 23.8 Å². The number of hydrogen-bond donors (Lipinski definition) is 0. The fraction of sp³-hybridized carbons (Fsp3) is 0.524. The third-order valence-corrected chi connectivity index (χ3v) is 6.59. The van der Waals surface area contributed by atoms with E-state index in [-0.39, 0.29) is 37.1 Å². The zero-order valence-electron chi connectivity index (χ0n) is 17.1. The number of anilines is 1. The topological polar surface area (TPSA) is 83.0 Å². The van der Waals surface area contributed by atoms with E-state index >= 15 is 0 Å². The summed E-state index contributed by atoms with van der Waals surface area (Å²) in [7, 11) is 0. The van der Waals surface area contributed by atoms with E-state index in [0.29, 0.717) is 11.7 Å². The summed E-state index contributed by atoms with van der Waals surface area (Å²) in [4.78, 5) is 46.9. The number of rotatable bonds is 7. The maximum absolute atomic E-state index is 13.1. The maximum Gasteiger partial charge on any atom is 0.248 e. The number of likely N-dealkylation sites (tertiary alicyclic amines) is 1. The summed E-state index contributed by atoms with van der Waals surface area (Å²) in [6.07, 6.45) is 1.15. The molecule has 1 aromatic carbocycles. The highest BCUT2D eigenvalue weighted by atomic mass is 32.1. The second-order valence-electron chi connectivity index (χ2n) is 7.64. The van der Waals surface area contributed by atoms with Crippen molar-refractivity contribution < 1.29 is 19.1 Å². The number of aryl methyl sites for hydroxylation is 1. The molecule has 30 heavy (non-hydrogen) atoms. The van der Waals surface area contributed by atoms with Crippen molar-refractivity contribution in [2.45, 2.75) is 26.2 Å². The Morgan fingerprint density at radius 2 is 1.93 bits per heavy atom. The van der Waals surface area contributed by atoms with Gasteiger partial charge in [-0.2, -0.15) is 0 Å². The first kappa shape index (κ1) is 20.9. The molecule has 2 aromatic rings. The quantitative estimate of drug-likeness (QED) is 0.623. The molecule has 2 aliphatic rings. The van der Waals surface area contributed by atoms with Crippen molar-refractivity contribution >= 4 is 44.4 Å². The van der Waals surface area contributed by atoms with Crippen LogP contribution in [0, 0.1) is 6.92 Å². The molecule has 0 spiro atoms. The first-order valence-corrected chi connectivity index (χ1v) is 11.1. The molecular formula is C21H26N4O4S. The van der Waals surface area contributed by atoms with E-state index in [0.717, 1.165) is 59.9 Å². The van der Waals surface area contributed by atoms with Crippen molar-refractivity contribution in [2.24, 2.45) is 0 Å². The third kappa shape index (κ3) is 4.53. The first-order valence-electron chi connectivity index (χ1n) is 10.3. The number of carbonyl (C=O) groups is 3. The third-order valence-electron chi connectivity index (χ3n) is 5.55. The average molecular weight is 431 g/mol. The SMILES string of the molecule is Cc1cccc2sc(N(CCCN3CCOCC3)C(=O)CN3C(=O)CCC3=O)nc12. The number of hydrogen-bond acceptors (Lipinski definition) is 7. The zero-order chi connectivity index (χ0) is 21.1. The Hall–Kier alpha value is -2.36. The summed E-state index contributed by atoms with van der Waals surface area (Å²) in [5.41, 5.74) is 1.94. The van der Waals surface area contributed by atoms with Gasteiger partial charge in [-0.15, -0.1) is 0 Å². The van der Waals surface area contributed by atoms with E-state index in [1.165, 1.54) is 11.3 Å². The van der Waals surface area contributed by atoms with Crippen LogP contribution in [-0.4, -0.2) is 78.4 Å². The summed E-state index contributed by atoms with van der Waals surface area (Å²) >= 11 is 1.47. The molecule has 8 nitrogen and oxygen atoms in total. The van der Waals surface area contributed by atoms with Crippen molar-refractivity contribution in [2.75, 3.05) is 50.8 Å². The van der Waals surface area contributed by atoms with E-state index in [1.54, 1.807) is 4.90 Å². The van der Waals surface area contributed by atoms with E-state index in [2.05, 4.69) is 4.90 Å². The van der Waals surface area contributed by atoms with Crippen LogP contribution in [0.3, 0.4) is 0 Å². The zero-order valence-corrected chi connectivity index (χ0v) is 17.9. The van der Waals surface area contributed by atoms with Crippen LogP contribution in [0.2, 0.25) is 0 Å². The smallest absolute Gasteiger partial charge is 0.248 e. The second-order valence-corrected chi connectivity index (χ2v) is 8.65. The van der Waals surface area contributed by atoms with Crippen LogP contribution >= 0.6 is 11.3 Å². The minimum Gasteiger partial charge on any atom is -0.379 e. The molecule has 3 amide bonds. The molecule has 0 saturated carbocycles. The summed E-state index contributed by atoms with van der Waals surface area (Å²) in [6.45, 7) is 6.39. The molecule has 3 heterocycles. The first-order chi connectivity index (χ1) is 14.5. The number of imide groups is 1. The van der Waals surface area contributed by atoms with Crippen molar-refractivity contribution in [3.63, 3.8) is 0 Å². The van der Waals surface area contributed by atoms with E-state index in [9.17, 15) is 14.4 Å². The molecule has 9 heteroatoms. The number of carbonyl (C=O) groups excluding carboxylic acids is 3. The number of aromatic nitrogens is 1. The Morgan fingerprint density at radius 3 is 2.63 bits per heavy atom. The number of nitrogens with zero attached hydrogens (tertiary/aromatic N) is 4. The molecule has 1 aromatic heterocycles. The van der Waals surface area contributed by atoms with Gasteiger partial charge in [-0.1, -0.05) is 23.5 Å². The molecule has 0 aliphatic carbocycles. The molecule has 4 rings (SSSR count). The van der Waals surface area contributed by atoms with E-state index < -0.39 is 0 Å². The maximum atomic E-state index is 13.1. The van der Waals surface area contributed by atoms with Gasteiger partial charge in [-0.05, 0) is 25.0 Å². The van der Waals surface area contributed by atoms with Crippen LogP contribution in [-0.2, 0) is 19.1 Å². The Kier molecular flexibility index (Phi) is 6.40. The summed E-state index contributed by atoms with van der Waals surface area (Å²) in [5.74, 6) is -0.819. The Labute approximate surface area is 179 Å². The van der Waals surface area contributed by atoms with Crippen LogP contribution in [0.25, 0.3) is 10.2 Å². The molecule has 0 radical (unpaired) electrons. The van der Waals surface area contributed by atoms with Gasteiger partial charge in [0.2, 0.25) is 17.7 Å². The number of morpholine rings is 1. The van der Waals surface area contributed by atoms with Crippen molar-refractivity contribution in [1.29, 1.82) is 0 Å². The number of fused-ring (bicyclic) bond motifs is 1. The Bertz CT molecular complexity index is 938. The van der Waals surface area contributed by atoms with Gasteiger partial charge >= 0.3 is 0 Å². The fourth-order valence-corrected chi connectivity index (χ4v) is 4.90. The molecule has 160 valence electrons. The molecule has 0 atom stereocenters. The predicted octanol–water partition coefficient (Wildman–Crippen LogP) is 1.81. The van der Waals surface area contributed by atoms with Crippen LogP contribution in [0.5, 0.6) is 0 Å². The minimum absolute atomic E-state index is 0.184. The minimum atomic E-state index is -0.276. The molecule has 0 unspecified atom stereocenters. The molecule has 2 aliphatic heterocycles.